The number of carbonyl (C=O) groups is 3. The molecule has 6 rings (SSSR count). The van der Waals surface area contributed by atoms with Crippen molar-refractivity contribution in [3.8, 4) is 28.1 Å². The number of nitrogens with one attached hydrogen (secondary N) is 4. The van der Waals surface area contributed by atoms with Crippen molar-refractivity contribution in [2.45, 2.75) is 105 Å². The van der Waals surface area contributed by atoms with Gasteiger partial charge < -0.3 is 35.1 Å². The summed E-state index contributed by atoms with van der Waals surface area (Å²) in [5.41, 5.74) is 11.0. The van der Waals surface area contributed by atoms with Crippen molar-refractivity contribution < 1.29 is 29.0 Å². The van der Waals surface area contributed by atoms with Crippen molar-refractivity contribution >= 4 is 28.7 Å². The molecule has 312 valence electrons. The van der Waals surface area contributed by atoms with Gasteiger partial charge in [0.2, 0.25) is 5.91 Å². The molecule has 1 fully saturated rings. The highest BCUT2D eigenvalue weighted by Gasteiger charge is 2.36. The summed E-state index contributed by atoms with van der Waals surface area (Å²) in [6.07, 6.45) is 3.38. The van der Waals surface area contributed by atoms with E-state index in [9.17, 15) is 19.5 Å². The lowest BCUT2D eigenvalue weighted by Crippen LogP contribution is -2.61. The normalized spacial score (nSPS) is 19.8. The van der Waals surface area contributed by atoms with Crippen LogP contribution in [-0.4, -0.2) is 89.9 Å². The van der Waals surface area contributed by atoms with Crippen LogP contribution in [0.25, 0.3) is 33.3 Å². The van der Waals surface area contributed by atoms with Crippen molar-refractivity contribution in [2.75, 3.05) is 34.4 Å². The lowest BCUT2D eigenvalue weighted by molar-refractivity contribution is -0.155. The molecule has 4 heterocycles. The third-order valence-electron chi connectivity index (χ3n) is 11.5. The number of hydrazine groups is 1. The smallest absolute Gasteiger partial charge is 0.324 e. The molecule has 0 radical (unpaired) electrons. The van der Waals surface area contributed by atoms with Crippen LogP contribution in [0, 0.1) is 11.3 Å². The van der Waals surface area contributed by atoms with Gasteiger partial charge in [0.15, 0.2) is 0 Å². The molecule has 6 bridgehead atoms. The van der Waals surface area contributed by atoms with E-state index in [1.165, 1.54) is 5.01 Å². The van der Waals surface area contributed by atoms with Gasteiger partial charge in [0, 0.05) is 61.2 Å². The van der Waals surface area contributed by atoms with E-state index in [0.29, 0.717) is 44.5 Å². The zero-order valence-electron chi connectivity index (χ0n) is 35.5. The maximum Gasteiger partial charge on any atom is 0.324 e. The molecule has 2 aliphatic heterocycles. The fourth-order valence-electron chi connectivity index (χ4n) is 8.49. The molecular weight excluding hydrogens is 735 g/mol. The third-order valence-corrected chi connectivity index (χ3v) is 11.5. The van der Waals surface area contributed by atoms with Gasteiger partial charge in [0.25, 0.3) is 5.91 Å². The second-order valence-electron chi connectivity index (χ2n) is 16.9. The first-order chi connectivity index (χ1) is 27.7. The minimum Gasteiger partial charge on any atom is -0.508 e. The van der Waals surface area contributed by atoms with E-state index in [1.54, 1.807) is 26.3 Å². The molecule has 13 nitrogen and oxygen atoms in total. The van der Waals surface area contributed by atoms with E-state index >= 15 is 0 Å². The summed E-state index contributed by atoms with van der Waals surface area (Å²) < 4.78 is 14.3. The zero-order valence-corrected chi connectivity index (χ0v) is 35.5. The van der Waals surface area contributed by atoms with Crippen molar-refractivity contribution in [3.63, 3.8) is 0 Å². The quantitative estimate of drug-likeness (QED) is 0.131. The number of cyclic esters (lactones) is 1. The lowest BCUT2D eigenvalue weighted by atomic mass is 9.84. The Morgan fingerprint density at radius 3 is 2.57 bits per heavy atom. The number of benzene rings is 2. The Hall–Kier alpha value is -4.82. The van der Waals surface area contributed by atoms with Crippen molar-refractivity contribution in [3.05, 3.63) is 71.0 Å². The summed E-state index contributed by atoms with van der Waals surface area (Å²) in [5, 5.41) is 23.0. The number of likely N-dealkylation sites (N-methyl/N-ethyl adjacent to an activating group) is 1. The first kappa shape index (κ1) is 42.8. The molecule has 0 saturated carbocycles. The number of hydrogen-bond donors (Lipinski definition) is 5. The number of aryl methyl sites for hydroxylation is 1. The second-order valence-corrected chi connectivity index (χ2v) is 16.9. The zero-order chi connectivity index (χ0) is 41.9. The minimum atomic E-state index is -0.983. The number of phenols is 1. The van der Waals surface area contributed by atoms with E-state index in [1.807, 2.05) is 40.1 Å². The SMILES string of the molecule is CCn1c(-c2cc(CNC)cnc2[C@H](C)OC)c2c3cc(ccc31)-c1cc(O)cc(c1)C[C@H](NC(=O)C(NC)C(C)C)C(=O)N1CCC[C@H](N1)C(=O)OCC(C)(C)C2. The highest BCUT2D eigenvalue weighted by atomic mass is 16.5. The number of aromatic nitrogens is 2. The lowest BCUT2D eigenvalue weighted by Gasteiger charge is -2.36. The van der Waals surface area contributed by atoms with E-state index in [-0.39, 0.29) is 42.6 Å². The number of nitrogens with zero attached hydrogens (tertiary/aromatic N) is 3. The molecule has 5 N–H and O–H groups in total. The van der Waals surface area contributed by atoms with Crippen molar-refractivity contribution in [1.29, 1.82) is 0 Å². The maximum atomic E-state index is 14.3. The average Bonchev–Trinajstić information content (AvgIpc) is 3.50. The van der Waals surface area contributed by atoms with Crippen LogP contribution < -0.4 is 21.4 Å². The van der Waals surface area contributed by atoms with Gasteiger partial charge in [-0.15, -0.1) is 0 Å². The Bertz CT molecular complexity index is 2150. The molecule has 1 saturated heterocycles. The average molecular weight is 796 g/mol. The van der Waals surface area contributed by atoms with Crippen LogP contribution >= 0.6 is 0 Å². The number of carbonyl (C=O) groups excluding carboxylic acids is 3. The number of methoxy groups -OCH3 is 1. The number of pyridine rings is 1. The number of amides is 2. The van der Waals surface area contributed by atoms with Crippen LogP contribution in [0.5, 0.6) is 5.75 Å². The van der Waals surface area contributed by atoms with Gasteiger partial charge >= 0.3 is 5.97 Å². The summed E-state index contributed by atoms with van der Waals surface area (Å²) >= 11 is 0. The first-order valence-corrected chi connectivity index (χ1v) is 20.5. The topological polar surface area (TPSA) is 159 Å². The fourth-order valence-corrected chi connectivity index (χ4v) is 8.49. The number of hydrogen-bond acceptors (Lipinski definition) is 10. The summed E-state index contributed by atoms with van der Waals surface area (Å²) in [4.78, 5) is 46.7. The number of esters is 1. The molecule has 2 aromatic heterocycles. The van der Waals surface area contributed by atoms with Crippen molar-refractivity contribution in [1.82, 2.24) is 35.9 Å². The largest absolute Gasteiger partial charge is 0.508 e. The number of rotatable bonds is 10. The predicted octanol–water partition coefficient (Wildman–Crippen LogP) is 5.42. The van der Waals surface area contributed by atoms with Crippen LogP contribution in [0.2, 0.25) is 0 Å². The van der Waals surface area contributed by atoms with Gasteiger partial charge in [-0.2, -0.15) is 0 Å². The molecule has 13 heteroatoms. The maximum absolute atomic E-state index is 14.3. The Morgan fingerprint density at radius 2 is 1.88 bits per heavy atom. The molecule has 0 spiro atoms. The molecule has 4 aromatic rings. The van der Waals surface area contributed by atoms with Gasteiger partial charge in [-0.05, 0) is 111 Å². The summed E-state index contributed by atoms with van der Waals surface area (Å²) in [7, 11) is 5.33. The highest BCUT2D eigenvalue weighted by Crippen LogP contribution is 2.42. The fraction of sp³-hybridized carbons (Fsp3) is 0.511. The Balaban J connectivity index is 1.56. The molecule has 2 amide bonds. The van der Waals surface area contributed by atoms with Gasteiger partial charge in [-0.3, -0.25) is 24.4 Å². The standard InChI is InChI=1S/C45H61N7O6/c1-10-51-38-14-13-30-21-33(38)35(41(51)34-18-29(23-46-7)24-48-40(34)27(4)57-9)22-45(5,6)25-58-44(56)36-12-11-15-52(50-36)43(55)37(49-42(54)39(47-8)26(2)3)19-28-16-31(30)20-32(53)17-28/h13-14,16-18,20-21,24,26-27,36-37,39,46-47,50,53H,10-12,15,19,22-23,25H2,1-9H3,(H,49,54)/t27-,36-,37-,39?/m0/s1. The van der Waals surface area contributed by atoms with Crippen molar-refractivity contribution in [2.24, 2.45) is 11.3 Å². The number of ether oxygens (including phenoxy) is 2. The van der Waals surface area contributed by atoms with E-state index in [4.69, 9.17) is 14.5 Å². The number of aromatic hydroxyl groups is 1. The number of phenolic OH excluding ortho intramolecular Hbond substituents is 1. The van der Waals surface area contributed by atoms with Crippen LogP contribution in [0.1, 0.15) is 82.9 Å². The Morgan fingerprint density at radius 1 is 1.10 bits per heavy atom. The highest BCUT2D eigenvalue weighted by molar-refractivity contribution is 5.96. The van der Waals surface area contributed by atoms with Gasteiger partial charge in [-0.25, -0.2) is 5.43 Å². The summed E-state index contributed by atoms with van der Waals surface area (Å²) in [6.45, 7) is 14.1. The molecular formula is C45H61N7O6. The Labute approximate surface area is 342 Å². The molecule has 4 atom stereocenters. The van der Waals surface area contributed by atoms with E-state index in [2.05, 4.69) is 71.0 Å². The van der Waals surface area contributed by atoms with Crippen LogP contribution in [0.15, 0.2) is 48.7 Å². The van der Waals surface area contributed by atoms with Gasteiger partial charge in [-0.1, -0.05) is 39.8 Å². The monoisotopic (exact) mass is 795 g/mol. The van der Waals surface area contributed by atoms with Gasteiger partial charge in [0.05, 0.1) is 30.1 Å². The van der Waals surface area contributed by atoms with Crippen LogP contribution in [-0.2, 0) is 49.8 Å². The van der Waals surface area contributed by atoms with Gasteiger partial charge in [0.1, 0.15) is 17.8 Å². The molecule has 2 aromatic carbocycles. The van der Waals surface area contributed by atoms with Crippen LogP contribution in [0.3, 0.4) is 0 Å². The van der Waals surface area contributed by atoms with Crippen LogP contribution in [0.4, 0.5) is 0 Å². The summed E-state index contributed by atoms with van der Waals surface area (Å²) in [5.74, 6) is -1.09. The molecule has 0 aliphatic carbocycles. The Kier molecular flexibility index (Phi) is 13.3. The molecule has 2 aliphatic rings. The predicted molar refractivity (Wildman–Crippen MR) is 226 cm³/mol. The van der Waals surface area contributed by atoms with E-state index in [0.717, 1.165) is 50.1 Å². The number of fused-ring (bicyclic) bond motifs is 6. The minimum absolute atomic E-state index is 0.0328. The first-order valence-electron chi connectivity index (χ1n) is 20.5. The molecule has 1 unspecified atom stereocenters. The van der Waals surface area contributed by atoms with E-state index < -0.39 is 29.5 Å². The summed E-state index contributed by atoms with van der Waals surface area (Å²) in [6, 6.07) is 11.6. The third kappa shape index (κ3) is 9.07. The second kappa shape index (κ2) is 18.0. The molecule has 58 heavy (non-hydrogen) atoms.